The molecule has 0 N–H and O–H groups in total. The average Bonchev–Trinajstić information content (AvgIpc) is 1.38. The molecule has 0 atom stereocenters. The Bertz CT molecular complexity index is 30.9. The molecule has 0 aliphatic heterocycles. The molecule has 0 fully saturated rings. The summed E-state index contributed by atoms with van der Waals surface area (Å²) in [6.45, 7) is 7.77. The molecule has 0 spiro atoms. The first-order valence-electron chi connectivity index (χ1n) is 1.90. The minimum Gasteiger partial charge on any atom is -0.197 e. The Balaban J connectivity index is 0. The van der Waals surface area contributed by atoms with E-state index in [1.807, 2.05) is 6.08 Å². The van der Waals surface area contributed by atoms with Crippen LogP contribution in [-0.4, -0.2) is 0 Å². The van der Waals surface area contributed by atoms with Gasteiger partial charge in [-0.05, 0) is 5.92 Å². The summed E-state index contributed by atoms with van der Waals surface area (Å²) >= 11 is 0. The highest BCUT2D eigenvalue weighted by Gasteiger charge is 1.73. The van der Waals surface area contributed by atoms with Crippen LogP contribution in [0, 0.1) is 5.92 Å². The number of hydrogen-bond acceptors (Lipinski definition) is 0. The van der Waals surface area contributed by atoms with E-state index < -0.39 is 0 Å². The lowest BCUT2D eigenvalue weighted by Gasteiger charge is -1.84. The topological polar surface area (TPSA) is 0 Å². The van der Waals surface area contributed by atoms with Gasteiger partial charge in [0, 0.05) is 0 Å². The molecule has 0 aliphatic rings. The van der Waals surface area contributed by atoms with Gasteiger partial charge in [0.1, 0.15) is 0 Å². The highest BCUT2D eigenvalue weighted by molar-refractivity contribution is 7.59. The molecule has 0 aromatic heterocycles. The van der Waals surface area contributed by atoms with Crippen LogP contribution in [0.25, 0.3) is 0 Å². The minimum atomic E-state index is 0. The molecule has 0 unspecified atom stereocenters. The molecule has 0 saturated carbocycles. The van der Waals surface area contributed by atoms with E-state index in [0.717, 1.165) is 0 Å². The van der Waals surface area contributed by atoms with Gasteiger partial charge in [-0.15, -0.1) is 6.58 Å². The van der Waals surface area contributed by atoms with Gasteiger partial charge in [-0.2, -0.15) is 13.5 Å². The summed E-state index contributed by atoms with van der Waals surface area (Å²) in [4.78, 5) is 0. The summed E-state index contributed by atoms with van der Waals surface area (Å²) in [6, 6.07) is 0. The Labute approximate surface area is 46.7 Å². The Hall–Kier alpha value is 0.0900. The maximum Gasteiger partial charge on any atom is -0.0293 e. The van der Waals surface area contributed by atoms with Crippen LogP contribution in [-0.2, 0) is 0 Å². The second-order valence-corrected chi connectivity index (χ2v) is 1.48. The molecule has 0 aromatic rings. The molecule has 0 radical (unpaired) electrons. The first-order chi connectivity index (χ1) is 2.27. The van der Waals surface area contributed by atoms with Crippen LogP contribution in [0.3, 0.4) is 0 Å². The van der Waals surface area contributed by atoms with E-state index in [1.165, 1.54) is 0 Å². The second kappa shape index (κ2) is 5.09. The fourth-order valence-corrected chi connectivity index (χ4v) is 0. The van der Waals surface area contributed by atoms with E-state index in [1.54, 1.807) is 0 Å². The molecular formula is C5H12S. The van der Waals surface area contributed by atoms with Crippen molar-refractivity contribution >= 4 is 13.5 Å². The van der Waals surface area contributed by atoms with Crippen molar-refractivity contribution in [3.63, 3.8) is 0 Å². The van der Waals surface area contributed by atoms with Crippen molar-refractivity contribution in [3.8, 4) is 0 Å². The SMILES string of the molecule is C=CC(C)C.S. The maximum atomic E-state index is 3.56. The number of allylic oxidation sites excluding steroid dienone is 1. The first-order valence-corrected chi connectivity index (χ1v) is 1.90. The summed E-state index contributed by atoms with van der Waals surface area (Å²) < 4.78 is 0. The van der Waals surface area contributed by atoms with E-state index in [4.69, 9.17) is 0 Å². The molecule has 38 valence electrons. The third kappa shape index (κ3) is 8.94. The van der Waals surface area contributed by atoms with Crippen LogP contribution in [0.4, 0.5) is 0 Å². The molecule has 0 rings (SSSR count). The Morgan fingerprint density at radius 3 is 1.67 bits per heavy atom. The van der Waals surface area contributed by atoms with E-state index in [2.05, 4.69) is 20.4 Å². The average molecular weight is 104 g/mol. The maximum absolute atomic E-state index is 3.56. The zero-order chi connectivity index (χ0) is 4.28. The minimum absolute atomic E-state index is 0. The smallest absolute Gasteiger partial charge is 0.0293 e. The van der Waals surface area contributed by atoms with Crippen molar-refractivity contribution in [3.05, 3.63) is 12.7 Å². The Kier molecular flexibility index (Phi) is 8.00. The summed E-state index contributed by atoms with van der Waals surface area (Å²) in [5.41, 5.74) is 0. The lowest BCUT2D eigenvalue weighted by Crippen LogP contribution is -1.71. The first kappa shape index (κ1) is 9.43. The van der Waals surface area contributed by atoms with Gasteiger partial charge in [-0.1, -0.05) is 19.9 Å². The molecule has 0 aliphatic carbocycles. The van der Waals surface area contributed by atoms with Crippen molar-refractivity contribution < 1.29 is 0 Å². The van der Waals surface area contributed by atoms with Crippen molar-refractivity contribution in [2.45, 2.75) is 13.8 Å². The van der Waals surface area contributed by atoms with Crippen LogP contribution >= 0.6 is 13.5 Å². The van der Waals surface area contributed by atoms with Crippen LogP contribution < -0.4 is 0 Å². The normalized spacial score (nSPS) is 7.17. The monoisotopic (exact) mass is 104 g/mol. The van der Waals surface area contributed by atoms with Gasteiger partial charge in [0.25, 0.3) is 0 Å². The van der Waals surface area contributed by atoms with Gasteiger partial charge in [0.05, 0.1) is 0 Å². The quantitative estimate of drug-likeness (QED) is 0.446. The standard InChI is InChI=1S/C5H10.H2S/c1-4-5(2)3;/h4-5H,1H2,2-3H3;1H2. The largest absolute Gasteiger partial charge is 0.197 e. The van der Waals surface area contributed by atoms with Gasteiger partial charge in [-0.3, -0.25) is 0 Å². The molecule has 0 heterocycles. The summed E-state index contributed by atoms with van der Waals surface area (Å²) in [5, 5.41) is 0. The van der Waals surface area contributed by atoms with Crippen LogP contribution in [0.2, 0.25) is 0 Å². The van der Waals surface area contributed by atoms with Crippen molar-refractivity contribution in [1.82, 2.24) is 0 Å². The van der Waals surface area contributed by atoms with Crippen molar-refractivity contribution in [2.24, 2.45) is 5.92 Å². The molecule has 0 aromatic carbocycles. The third-order valence-corrected chi connectivity index (χ3v) is 0.471. The molecular weight excluding hydrogens is 92.1 g/mol. The van der Waals surface area contributed by atoms with Gasteiger partial charge < -0.3 is 0 Å². The van der Waals surface area contributed by atoms with E-state index in [-0.39, 0.29) is 13.5 Å². The van der Waals surface area contributed by atoms with Crippen LogP contribution in [0.1, 0.15) is 13.8 Å². The number of hydrogen-bond donors (Lipinski definition) is 0. The van der Waals surface area contributed by atoms with E-state index in [0.29, 0.717) is 5.92 Å². The summed E-state index contributed by atoms with van der Waals surface area (Å²) in [7, 11) is 0. The molecule has 6 heavy (non-hydrogen) atoms. The van der Waals surface area contributed by atoms with Crippen molar-refractivity contribution in [1.29, 1.82) is 0 Å². The van der Waals surface area contributed by atoms with Gasteiger partial charge in [0.15, 0.2) is 0 Å². The van der Waals surface area contributed by atoms with E-state index >= 15 is 0 Å². The lowest BCUT2D eigenvalue weighted by molar-refractivity contribution is 0.835. The highest BCUT2D eigenvalue weighted by atomic mass is 32.1. The molecule has 0 amide bonds. The van der Waals surface area contributed by atoms with E-state index in [9.17, 15) is 0 Å². The third-order valence-electron chi connectivity index (χ3n) is 0.471. The zero-order valence-corrected chi connectivity index (χ0v) is 5.36. The van der Waals surface area contributed by atoms with Crippen molar-refractivity contribution in [2.75, 3.05) is 0 Å². The fraction of sp³-hybridized carbons (Fsp3) is 0.600. The van der Waals surface area contributed by atoms with Crippen LogP contribution in [0.15, 0.2) is 12.7 Å². The molecule has 0 saturated heterocycles. The Morgan fingerprint density at radius 1 is 1.50 bits per heavy atom. The Morgan fingerprint density at radius 2 is 1.67 bits per heavy atom. The predicted molar refractivity (Wildman–Crippen MR) is 35.4 cm³/mol. The highest BCUT2D eigenvalue weighted by Crippen LogP contribution is 1.87. The number of rotatable bonds is 1. The fourth-order valence-electron chi connectivity index (χ4n) is 0. The molecule has 0 bridgehead atoms. The second-order valence-electron chi connectivity index (χ2n) is 1.48. The zero-order valence-electron chi connectivity index (χ0n) is 4.36. The molecule has 0 nitrogen and oxygen atoms in total. The van der Waals surface area contributed by atoms with Crippen LogP contribution in [0.5, 0.6) is 0 Å². The lowest BCUT2D eigenvalue weighted by atomic mass is 10.2. The van der Waals surface area contributed by atoms with Gasteiger partial charge >= 0.3 is 0 Å². The molecule has 1 heteroatoms. The summed E-state index contributed by atoms with van der Waals surface area (Å²) in [5.74, 6) is 0.648. The summed E-state index contributed by atoms with van der Waals surface area (Å²) in [6.07, 6.45) is 1.92. The van der Waals surface area contributed by atoms with Gasteiger partial charge in [-0.25, -0.2) is 0 Å². The predicted octanol–water partition coefficient (Wildman–Crippen LogP) is 1.94. The van der Waals surface area contributed by atoms with Gasteiger partial charge in [0.2, 0.25) is 0 Å².